The van der Waals surface area contributed by atoms with Gasteiger partial charge in [0, 0.05) is 29.8 Å². The van der Waals surface area contributed by atoms with Gasteiger partial charge in [0.25, 0.3) is 0 Å². The SMILES string of the molecule is CCNc1cc(C2CC2)nc(-c2cc(C)cc(C)c2)n1. The van der Waals surface area contributed by atoms with Gasteiger partial charge in [0.1, 0.15) is 5.82 Å². The van der Waals surface area contributed by atoms with Crippen LogP contribution in [0.5, 0.6) is 0 Å². The maximum atomic E-state index is 4.78. The van der Waals surface area contributed by atoms with Crippen LogP contribution in [0.1, 0.15) is 42.5 Å². The maximum Gasteiger partial charge on any atom is 0.161 e. The Kier molecular flexibility index (Phi) is 3.43. The summed E-state index contributed by atoms with van der Waals surface area (Å²) in [7, 11) is 0. The lowest BCUT2D eigenvalue weighted by molar-refractivity contribution is 0.987. The number of benzene rings is 1. The highest BCUT2D eigenvalue weighted by molar-refractivity contribution is 5.60. The molecule has 1 aliphatic carbocycles. The van der Waals surface area contributed by atoms with Gasteiger partial charge in [-0.3, -0.25) is 0 Å². The fourth-order valence-electron chi connectivity index (χ4n) is 2.56. The molecule has 1 heterocycles. The van der Waals surface area contributed by atoms with Crippen LogP contribution in [0, 0.1) is 13.8 Å². The molecule has 1 fully saturated rings. The Hall–Kier alpha value is -1.90. The summed E-state index contributed by atoms with van der Waals surface area (Å²) in [5.41, 5.74) is 4.81. The van der Waals surface area contributed by atoms with E-state index in [1.807, 2.05) is 0 Å². The molecule has 0 spiro atoms. The van der Waals surface area contributed by atoms with Crippen LogP contribution >= 0.6 is 0 Å². The minimum Gasteiger partial charge on any atom is -0.370 e. The van der Waals surface area contributed by atoms with Crippen LogP contribution in [0.25, 0.3) is 11.4 Å². The number of hydrogen-bond acceptors (Lipinski definition) is 3. The third-order valence-corrected chi connectivity index (χ3v) is 3.58. The minimum absolute atomic E-state index is 0.639. The molecule has 3 rings (SSSR count). The van der Waals surface area contributed by atoms with Crippen molar-refractivity contribution in [2.45, 2.75) is 39.5 Å². The Morgan fingerprint density at radius 1 is 1.05 bits per heavy atom. The molecule has 1 aromatic carbocycles. The first-order chi connectivity index (χ1) is 9.65. The smallest absolute Gasteiger partial charge is 0.161 e. The molecule has 0 bridgehead atoms. The van der Waals surface area contributed by atoms with E-state index in [-0.39, 0.29) is 0 Å². The first-order valence-electron chi connectivity index (χ1n) is 7.37. The van der Waals surface area contributed by atoms with Crippen molar-refractivity contribution in [1.29, 1.82) is 0 Å². The van der Waals surface area contributed by atoms with Crippen molar-refractivity contribution < 1.29 is 0 Å². The van der Waals surface area contributed by atoms with E-state index in [4.69, 9.17) is 4.98 Å². The molecule has 0 amide bonds. The zero-order chi connectivity index (χ0) is 14.1. The van der Waals surface area contributed by atoms with Crippen LogP contribution in [-0.2, 0) is 0 Å². The molecule has 0 unspecified atom stereocenters. The molecule has 1 aliphatic rings. The molecule has 0 atom stereocenters. The Balaban J connectivity index is 2.06. The van der Waals surface area contributed by atoms with Crippen molar-refractivity contribution in [1.82, 2.24) is 9.97 Å². The summed E-state index contributed by atoms with van der Waals surface area (Å²) >= 11 is 0. The second-order valence-electron chi connectivity index (χ2n) is 5.68. The third kappa shape index (κ3) is 2.82. The summed E-state index contributed by atoms with van der Waals surface area (Å²) in [5, 5.41) is 3.32. The van der Waals surface area contributed by atoms with Gasteiger partial charge in [0.2, 0.25) is 0 Å². The van der Waals surface area contributed by atoms with Gasteiger partial charge in [0.05, 0.1) is 0 Å². The van der Waals surface area contributed by atoms with E-state index in [1.165, 1.54) is 29.7 Å². The Labute approximate surface area is 120 Å². The van der Waals surface area contributed by atoms with Gasteiger partial charge in [-0.2, -0.15) is 0 Å². The monoisotopic (exact) mass is 267 g/mol. The summed E-state index contributed by atoms with van der Waals surface area (Å²) < 4.78 is 0. The van der Waals surface area contributed by atoms with Crippen LogP contribution in [-0.4, -0.2) is 16.5 Å². The lowest BCUT2D eigenvalue weighted by atomic mass is 10.1. The predicted molar refractivity (Wildman–Crippen MR) is 83.1 cm³/mol. The van der Waals surface area contributed by atoms with Gasteiger partial charge in [-0.05, 0) is 45.7 Å². The standard InChI is InChI=1S/C17H21N3/c1-4-18-16-10-15(13-5-6-13)19-17(20-16)14-8-11(2)7-12(3)9-14/h7-10,13H,4-6H2,1-3H3,(H,18,19,20). The topological polar surface area (TPSA) is 37.8 Å². The van der Waals surface area contributed by atoms with Crippen LogP contribution in [0.15, 0.2) is 24.3 Å². The fraction of sp³-hybridized carbons (Fsp3) is 0.412. The number of rotatable bonds is 4. The molecule has 20 heavy (non-hydrogen) atoms. The van der Waals surface area contributed by atoms with Crippen LogP contribution in [0.3, 0.4) is 0 Å². The summed E-state index contributed by atoms with van der Waals surface area (Å²) in [6.07, 6.45) is 2.52. The molecular formula is C17H21N3. The highest BCUT2D eigenvalue weighted by Gasteiger charge is 2.26. The first-order valence-corrected chi connectivity index (χ1v) is 7.37. The van der Waals surface area contributed by atoms with E-state index in [2.05, 4.69) is 55.3 Å². The van der Waals surface area contributed by atoms with Crippen molar-refractivity contribution in [2.75, 3.05) is 11.9 Å². The van der Waals surface area contributed by atoms with E-state index in [1.54, 1.807) is 0 Å². The van der Waals surface area contributed by atoms with Gasteiger partial charge in [-0.1, -0.05) is 17.2 Å². The summed E-state index contributed by atoms with van der Waals surface area (Å²) in [4.78, 5) is 9.44. The maximum absolute atomic E-state index is 4.78. The van der Waals surface area contributed by atoms with Crippen LogP contribution < -0.4 is 5.32 Å². The largest absolute Gasteiger partial charge is 0.370 e. The van der Waals surface area contributed by atoms with Crippen LogP contribution in [0.4, 0.5) is 5.82 Å². The van der Waals surface area contributed by atoms with Crippen molar-refractivity contribution in [2.24, 2.45) is 0 Å². The molecule has 1 N–H and O–H groups in total. The number of nitrogens with zero attached hydrogens (tertiary/aromatic N) is 2. The first kappa shape index (κ1) is 13.1. The zero-order valence-corrected chi connectivity index (χ0v) is 12.4. The van der Waals surface area contributed by atoms with E-state index < -0.39 is 0 Å². The Bertz CT molecular complexity index is 610. The average Bonchev–Trinajstić information content (AvgIpc) is 3.22. The molecule has 3 nitrogen and oxygen atoms in total. The second-order valence-corrected chi connectivity index (χ2v) is 5.68. The summed E-state index contributed by atoms with van der Waals surface area (Å²) in [6, 6.07) is 8.61. The van der Waals surface area contributed by atoms with E-state index in [9.17, 15) is 0 Å². The summed E-state index contributed by atoms with van der Waals surface area (Å²) in [5.74, 6) is 2.43. The Morgan fingerprint density at radius 3 is 2.35 bits per heavy atom. The van der Waals surface area contributed by atoms with Crippen LogP contribution in [0.2, 0.25) is 0 Å². The third-order valence-electron chi connectivity index (χ3n) is 3.58. The molecule has 0 radical (unpaired) electrons. The van der Waals surface area contributed by atoms with Gasteiger partial charge >= 0.3 is 0 Å². The number of hydrogen-bond donors (Lipinski definition) is 1. The lowest BCUT2D eigenvalue weighted by Gasteiger charge is -2.10. The molecular weight excluding hydrogens is 246 g/mol. The van der Waals surface area contributed by atoms with Gasteiger partial charge in [-0.25, -0.2) is 9.97 Å². The quantitative estimate of drug-likeness (QED) is 0.907. The van der Waals surface area contributed by atoms with Crippen molar-refractivity contribution >= 4 is 5.82 Å². The number of aryl methyl sites for hydroxylation is 2. The minimum atomic E-state index is 0.639. The highest BCUT2D eigenvalue weighted by Crippen LogP contribution is 2.40. The molecule has 1 aromatic heterocycles. The number of aromatic nitrogens is 2. The molecule has 0 aliphatic heterocycles. The van der Waals surface area contributed by atoms with E-state index in [0.29, 0.717) is 5.92 Å². The molecule has 0 saturated heterocycles. The lowest BCUT2D eigenvalue weighted by Crippen LogP contribution is -2.04. The highest BCUT2D eigenvalue weighted by atomic mass is 15.0. The zero-order valence-electron chi connectivity index (χ0n) is 12.4. The normalized spacial score (nSPS) is 14.3. The predicted octanol–water partition coefficient (Wildman–Crippen LogP) is 4.07. The average molecular weight is 267 g/mol. The van der Waals surface area contributed by atoms with Gasteiger partial charge in [-0.15, -0.1) is 0 Å². The molecule has 2 aromatic rings. The number of anilines is 1. The second kappa shape index (κ2) is 5.23. The molecule has 104 valence electrons. The van der Waals surface area contributed by atoms with Crippen molar-refractivity contribution in [3.63, 3.8) is 0 Å². The Morgan fingerprint density at radius 2 is 1.75 bits per heavy atom. The van der Waals surface area contributed by atoms with Gasteiger partial charge < -0.3 is 5.32 Å². The number of nitrogens with one attached hydrogen (secondary N) is 1. The van der Waals surface area contributed by atoms with E-state index >= 15 is 0 Å². The van der Waals surface area contributed by atoms with Crippen molar-refractivity contribution in [3.8, 4) is 11.4 Å². The van der Waals surface area contributed by atoms with Crippen molar-refractivity contribution in [3.05, 3.63) is 41.1 Å². The molecule has 3 heteroatoms. The van der Waals surface area contributed by atoms with Gasteiger partial charge in [0.15, 0.2) is 5.82 Å². The fourth-order valence-corrected chi connectivity index (χ4v) is 2.56. The molecule has 1 saturated carbocycles. The summed E-state index contributed by atoms with van der Waals surface area (Å²) in [6.45, 7) is 7.21. The van der Waals surface area contributed by atoms with E-state index in [0.717, 1.165) is 23.8 Å².